The number of nitrogens with zero attached hydrogens (tertiary/aromatic N) is 3. The molecular formula is C25H30N6O5S2. The van der Waals surface area contributed by atoms with Gasteiger partial charge < -0.3 is 9.87 Å². The molecule has 0 amide bonds. The van der Waals surface area contributed by atoms with Crippen LogP contribution in [0.2, 0.25) is 0 Å². The summed E-state index contributed by atoms with van der Waals surface area (Å²) in [5.41, 5.74) is 7.98. The monoisotopic (exact) mass is 558 g/mol. The van der Waals surface area contributed by atoms with Gasteiger partial charge in [-0.15, -0.1) is 5.43 Å². The van der Waals surface area contributed by atoms with E-state index in [1.165, 1.54) is 0 Å². The normalized spacial score (nSPS) is 11.4. The highest BCUT2D eigenvalue weighted by Gasteiger charge is 2.12. The zero-order valence-corrected chi connectivity index (χ0v) is 23.1. The van der Waals surface area contributed by atoms with Crippen LogP contribution in [-0.4, -0.2) is 56.7 Å². The third kappa shape index (κ3) is 8.64. The summed E-state index contributed by atoms with van der Waals surface area (Å²) in [7, 11) is -7.24. The summed E-state index contributed by atoms with van der Waals surface area (Å²) in [6.07, 6.45) is 1.74. The van der Waals surface area contributed by atoms with Crippen molar-refractivity contribution in [1.82, 2.24) is 4.98 Å². The van der Waals surface area contributed by atoms with Gasteiger partial charge in [0.25, 0.3) is 0 Å². The van der Waals surface area contributed by atoms with Crippen molar-refractivity contribution in [3.8, 4) is 0 Å². The second-order valence-electron chi connectivity index (χ2n) is 8.37. The molecule has 0 saturated carbocycles. The van der Waals surface area contributed by atoms with Crippen molar-refractivity contribution in [2.24, 2.45) is 5.22 Å². The summed E-state index contributed by atoms with van der Waals surface area (Å²) < 4.78 is 54.6. The molecule has 202 valence electrons. The molecule has 13 heteroatoms. The second kappa shape index (κ2) is 12.2. The Morgan fingerprint density at radius 2 is 1.37 bits per heavy atom. The minimum absolute atomic E-state index is 0.514. The van der Waals surface area contributed by atoms with Gasteiger partial charge in [0.1, 0.15) is 18.8 Å². The van der Waals surface area contributed by atoms with Crippen LogP contribution in [0.15, 0.2) is 72.0 Å². The van der Waals surface area contributed by atoms with E-state index in [2.05, 4.69) is 34.5 Å². The number of hydrogen-bond donors (Lipinski definition) is 3. The Morgan fingerprint density at radius 3 is 1.97 bits per heavy atom. The van der Waals surface area contributed by atoms with Gasteiger partial charge in [0.15, 0.2) is 0 Å². The molecule has 0 unspecified atom stereocenters. The molecule has 1 aromatic heterocycles. The van der Waals surface area contributed by atoms with E-state index in [1.807, 2.05) is 59.3 Å². The molecule has 0 aliphatic heterocycles. The molecule has 3 aromatic carbocycles. The molecule has 0 fully saturated rings. The third-order valence-electron chi connectivity index (χ3n) is 5.19. The van der Waals surface area contributed by atoms with E-state index in [0.717, 1.165) is 58.2 Å². The topological polar surface area (TPSA) is 156 Å². The predicted octanol–water partition coefficient (Wildman–Crippen LogP) is 4.50. The SMILES string of the molecule is CC[N+](CC)=NNc1ccc2c(Nc3ccc(NS(C)(=O)=O)cc3)c3ccccc3nc2c1.CS(=O)(=O)[O-]. The number of rotatable bonds is 8. The van der Waals surface area contributed by atoms with Crippen LogP contribution in [0, 0.1) is 0 Å². The summed E-state index contributed by atoms with van der Waals surface area (Å²) >= 11 is 0. The number of fused-ring (bicyclic) bond motifs is 2. The Labute approximate surface area is 222 Å². The van der Waals surface area contributed by atoms with Gasteiger partial charge in [0.05, 0.1) is 38.3 Å². The molecule has 0 radical (unpaired) electrons. The van der Waals surface area contributed by atoms with Crippen molar-refractivity contribution >= 4 is 64.7 Å². The highest BCUT2D eigenvalue weighted by molar-refractivity contribution is 7.92. The van der Waals surface area contributed by atoms with Gasteiger partial charge in [0.2, 0.25) is 10.0 Å². The Hall–Kier alpha value is -3.81. The van der Waals surface area contributed by atoms with Crippen molar-refractivity contribution in [3.63, 3.8) is 0 Å². The summed E-state index contributed by atoms with van der Waals surface area (Å²) in [6.45, 7) is 5.77. The van der Waals surface area contributed by atoms with Gasteiger partial charge in [-0.3, -0.25) is 4.72 Å². The summed E-state index contributed by atoms with van der Waals surface area (Å²) in [5.74, 6) is 0. The molecule has 3 N–H and O–H groups in total. The van der Waals surface area contributed by atoms with E-state index in [9.17, 15) is 8.42 Å². The maximum atomic E-state index is 11.5. The van der Waals surface area contributed by atoms with Gasteiger partial charge >= 0.3 is 0 Å². The molecule has 0 aliphatic rings. The lowest BCUT2D eigenvalue weighted by Gasteiger charge is -2.14. The Kier molecular flexibility index (Phi) is 9.20. The lowest BCUT2D eigenvalue weighted by Crippen LogP contribution is -2.10. The van der Waals surface area contributed by atoms with Gasteiger partial charge in [-0.2, -0.15) is 4.70 Å². The Balaban J connectivity index is 0.000000732. The zero-order valence-electron chi connectivity index (χ0n) is 21.5. The van der Waals surface area contributed by atoms with E-state index in [-0.39, 0.29) is 0 Å². The third-order valence-corrected chi connectivity index (χ3v) is 5.80. The van der Waals surface area contributed by atoms with Gasteiger partial charge in [-0.05, 0) is 56.3 Å². The molecule has 0 bridgehead atoms. The molecule has 38 heavy (non-hydrogen) atoms. The molecule has 4 aromatic rings. The number of nitrogens with one attached hydrogen (secondary N) is 3. The van der Waals surface area contributed by atoms with E-state index in [0.29, 0.717) is 11.9 Å². The van der Waals surface area contributed by atoms with E-state index < -0.39 is 20.1 Å². The van der Waals surface area contributed by atoms with Crippen LogP contribution in [-0.2, 0) is 20.1 Å². The molecular weight excluding hydrogens is 528 g/mol. The fraction of sp³-hybridized carbons (Fsp3) is 0.240. The first-order chi connectivity index (χ1) is 17.9. The van der Waals surface area contributed by atoms with Gasteiger partial charge in [-0.1, -0.05) is 18.2 Å². The van der Waals surface area contributed by atoms with Crippen LogP contribution in [0.1, 0.15) is 13.8 Å². The van der Waals surface area contributed by atoms with Crippen molar-refractivity contribution in [2.75, 3.05) is 41.1 Å². The number of anilines is 4. The van der Waals surface area contributed by atoms with Crippen molar-refractivity contribution in [3.05, 3.63) is 66.7 Å². The van der Waals surface area contributed by atoms with Crippen LogP contribution >= 0.6 is 0 Å². The molecule has 0 aliphatic carbocycles. The van der Waals surface area contributed by atoms with E-state index in [4.69, 9.17) is 18.0 Å². The first kappa shape index (κ1) is 28.8. The van der Waals surface area contributed by atoms with Crippen molar-refractivity contribution < 1.29 is 26.1 Å². The lowest BCUT2D eigenvalue weighted by atomic mass is 10.1. The van der Waals surface area contributed by atoms with Crippen molar-refractivity contribution in [2.45, 2.75) is 13.8 Å². The molecule has 0 atom stereocenters. The van der Waals surface area contributed by atoms with Crippen molar-refractivity contribution in [1.29, 1.82) is 0 Å². The molecule has 4 rings (SSSR count). The van der Waals surface area contributed by atoms with Gasteiger partial charge in [0, 0.05) is 34.5 Å². The fourth-order valence-corrected chi connectivity index (χ4v) is 4.13. The standard InChI is InChI=1S/C24H26N6O2S.CH4O3S/c1-4-30(5-2)29-27-19-14-15-21-23(16-19)26-22-9-7-6-8-20(22)24(21)25-17-10-12-18(13-11-17)28-33(3,31)32;1-5(2,3)4/h6-16H,4-5H2,1-3H3,(H2,25,26,27,28,29);1H3,(H,2,3,4). The minimum atomic E-state index is -3.92. The van der Waals surface area contributed by atoms with E-state index in [1.54, 1.807) is 12.1 Å². The van der Waals surface area contributed by atoms with Crippen LogP contribution in [0.25, 0.3) is 21.8 Å². The summed E-state index contributed by atoms with van der Waals surface area (Å²) in [4.78, 5) is 4.85. The van der Waals surface area contributed by atoms with Crippen LogP contribution in [0.5, 0.6) is 0 Å². The summed E-state index contributed by atoms with van der Waals surface area (Å²) in [6, 6.07) is 21.1. The Bertz CT molecular complexity index is 1660. The molecule has 0 spiro atoms. The largest absolute Gasteiger partial charge is 0.748 e. The minimum Gasteiger partial charge on any atom is -0.748 e. The highest BCUT2D eigenvalue weighted by Crippen LogP contribution is 2.34. The predicted molar refractivity (Wildman–Crippen MR) is 150 cm³/mol. The summed E-state index contributed by atoms with van der Waals surface area (Å²) in [5, 5.41) is 9.88. The molecule has 1 heterocycles. The number of pyridine rings is 1. The number of aromatic nitrogens is 1. The van der Waals surface area contributed by atoms with Crippen LogP contribution in [0.4, 0.5) is 22.7 Å². The smallest absolute Gasteiger partial charge is 0.229 e. The second-order valence-corrected chi connectivity index (χ2v) is 11.5. The number of benzene rings is 3. The quantitative estimate of drug-likeness (QED) is 0.0939. The fourth-order valence-electron chi connectivity index (χ4n) is 3.57. The first-order valence-corrected chi connectivity index (χ1v) is 15.4. The lowest BCUT2D eigenvalue weighted by molar-refractivity contribution is -0.586. The maximum absolute atomic E-state index is 11.5. The molecule has 0 saturated heterocycles. The van der Waals surface area contributed by atoms with E-state index >= 15 is 0 Å². The van der Waals surface area contributed by atoms with Gasteiger partial charge in [-0.25, -0.2) is 21.8 Å². The Morgan fingerprint density at radius 1 is 0.816 bits per heavy atom. The molecule has 11 nitrogen and oxygen atoms in total. The number of sulfonamides is 1. The van der Waals surface area contributed by atoms with Crippen LogP contribution in [0.3, 0.4) is 0 Å². The maximum Gasteiger partial charge on any atom is 0.229 e. The highest BCUT2D eigenvalue weighted by atomic mass is 32.2. The van der Waals surface area contributed by atoms with Crippen LogP contribution < -0.4 is 15.5 Å². The average molecular weight is 559 g/mol. The average Bonchev–Trinajstić information content (AvgIpc) is 2.83. The first-order valence-electron chi connectivity index (χ1n) is 11.7. The zero-order chi connectivity index (χ0) is 27.9. The number of hydrogen-bond acceptors (Lipinski definition) is 8. The number of para-hydroxylation sites is 1.